The minimum Gasteiger partial charge on any atom is -0.302 e. The highest BCUT2D eigenvalue weighted by molar-refractivity contribution is 7.53. The summed E-state index contributed by atoms with van der Waals surface area (Å²) in [5.41, 5.74) is 0. The van der Waals surface area contributed by atoms with E-state index in [1.807, 2.05) is 20.8 Å². The van der Waals surface area contributed by atoms with Gasteiger partial charge in [0.1, 0.15) is 0 Å². The highest BCUT2D eigenvalue weighted by atomic mass is 31.2. The first-order chi connectivity index (χ1) is 6.43. The highest BCUT2D eigenvalue weighted by Gasteiger charge is 2.27. The molecule has 0 radical (unpaired) electrons. The Morgan fingerprint density at radius 2 is 1.86 bits per heavy atom. The third-order valence-electron chi connectivity index (χ3n) is 2.10. The minimum atomic E-state index is -3.83. The molecule has 0 fully saturated rings. The van der Waals surface area contributed by atoms with Crippen molar-refractivity contribution in [1.29, 1.82) is 0 Å². The van der Waals surface area contributed by atoms with Crippen molar-refractivity contribution in [2.75, 3.05) is 6.16 Å². The van der Waals surface area contributed by atoms with Crippen LogP contribution >= 0.6 is 7.68 Å². The van der Waals surface area contributed by atoms with E-state index in [1.165, 1.54) is 0 Å². The standard InChI is InChI=1S/C10H22FO2P/c1-5-7-10(9(3)4)13-14(11,12)8-6-2/h9-10H,5-8H2,1-4H3. The maximum absolute atomic E-state index is 13.4. The first-order valence-corrected chi connectivity index (χ1v) is 7.10. The van der Waals surface area contributed by atoms with Gasteiger partial charge in [-0.1, -0.05) is 34.1 Å². The molecule has 0 aromatic heterocycles. The van der Waals surface area contributed by atoms with Crippen molar-refractivity contribution in [2.45, 2.75) is 53.1 Å². The maximum atomic E-state index is 13.4. The van der Waals surface area contributed by atoms with Gasteiger partial charge < -0.3 is 4.52 Å². The van der Waals surface area contributed by atoms with Crippen molar-refractivity contribution in [3.05, 3.63) is 0 Å². The molecular formula is C10H22FO2P. The van der Waals surface area contributed by atoms with Crippen LogP contribution in [0.25, 0.3) is 0 Å². The normalized spacial score (nSPS) is 18.1. The highest BCUT2D eigenvalue weighted by Crippen LogP contribution is 2.51. The molecule has 0 amide bonds. The fraction of sp³-hybridized carbons (Fsp3) is 1.00. The van der Waals surface area contributed by atoms with Crippen molar-refractivity contribution < 1.29 is 13.3 Å². The van der Waals surface area contributed by atoms with Crippen LogP contribution in [0.5, 0.6) is 0 Å². The van der Waals surface area contributed by atoms with Crippen LogP contribution in [0, 0.1) is 5.92 Å². The Morgan fingerprint density at radius 1 is 1.29 bits per heavy atom. The van der Waals surface area contributed by atoms with E-state index in [4.69, 9.17) is 4.52 Å². The second-order valence-corrected chi connectivity index (χ2v) is 5.83. The number of halogens is 1. The second-order valence-electron chi connectivity index (χ2n) is 3.99. The summed E-state index contributed by atoms with van der Waals surface area (Å²) < 4.78 is 29.7. The molecule has 2 unspecified atom stereocenters. The maximum Gasteiger partial charge on any atom is 0.367 e. The Morgan fingerprint density at radius 3 is 2.21 bits per heavy atom. The first kappa shape index (κ1) is 14.1. The SMILES string of the molecule is CCCC(OP(=O)(F)CCC)C(C)C. The lowest BCUT2D eigenvalue weighted by Gasteiger charge is -2.22. The molecule has 2 nitrogen and oxygen atoms in total. The lowest BCUT2D eigenvalue weighted by Crippen LogP contribution is -2.18. The van der Waals surface area contributed by atoms with Crippen LogP contribution in [0.4, 0.5) is 4.20 Å². The molecule has 0 rings (SSSR count). The van der Waals surface area contributed by atoms with Gasteiger partial charge in [-0.05, 0) is 18.8 Å². The zero-order chi connectivity index (χ0) is 11.2. The van der Waals surface area contributed by atoms with Crippen LogP contribution in [0.3, 0.4) is 0 Å². The monoisotopic (exact) mass is 224 g/mol. The van der Waals surface area contributed by atoms with E-state index in [0.29, 0.717) is 6.42 Å². The summed E-state index contributed by atoms with van der Waals surface area (Å²) >= 11 is 0. The van der Waals surface area contributed by atoms with E-state index >= 15 is 0 Å². The minimum absolute atomic E-state index is 0.0416. The summed E-state index contributed by atoms with van der Waals surface area (Å²) in [6, 6.07) is 0. The molecule has 0 heterocycles. The molecule has 0 aromatic carbocycles. The van der Waals surface area contributed by atoms with Crippen LogP contribution in [0.15, 0.2) is 0 Å². The van der Waals surface area contributed by atoms with Gasteiger partial charge in [-0.15, -0.1) is 0 Å². The van der Waals surface area contributed by atoms with Gasteiger partial charge in [0.25, 0.3) is 0 Å². The molecule has 86 valence electrons. The van der Waals surface area contributed by atoms with E-state index in [-0.39, 0.29) is 18.2 Å². The van der Waals surface area contributed by atoms with E-state index in [9.17, 15) is 8.76 Å². The molecule has 2 atom stereocenters. The largest absolute Gasteiger partial charge is 0.367 e. The van der Waals surface area contributed by atoms with Gasteiger partial charge >= 0.3 is 7.68 Å². The third kappa shape index (κ3) is 5.77. The van der Waals surface area contributed by atoms with Crippen molar-refractivity contribution in [3.8, 4) is 0 Å². The van der Waals surface area contributed by atoms with Gasteiger partial charge in [0.05, 0.1) is 12.3 Å². The molecule has 0 spiro atoms. The van der Waals surface area contributed by atoms with Gasteiger partial charge in [-0.3, -0.25) is 4.57 Å². The Balaban J connectivity index is 4.20. The Kier molecular flexibility index (Phi) is 6.63. The molecule has 0 aliphatic carbocycles. The van der Waals surface area contributed by atoms with Crippen LogP contribution in [-0.4, -0.2) is 12.3 Å². The molecule has 14 heavy (non-hydrogen) atoms. The predicted octanol–water partition coefficient (Wildman–Crippen LogP) is 4.40. The second kappa shape index (κ2) is 6.58. The summed E-state index contributed by atoms with van der Waals surface area (Å²) in [6.07, 6.45) is 2.09. The van der Waals surface area contributed by atoms with E-state index in [1.54, 1.807) is 6.92 Å². The lowest BCUT2D eigenvalue weighted by atomic mass is 10.0. The van der Waals surface area contributed by atoms with Gasteiger partial charge in [0, 0.05) is 0 Å². The first-order valence-electron chi connectivity index (χ1n) is 5.40. The summed E-state index contributed by atoms with van der Waals surface area (Å²) in [6.45, 7) is 7.75. The van der Waals surface area contributed by atoms with Gasteiger partial charge in [-0.25, -0.2) is 0 Å². The van der Waals surface area contributed by atoms with Crippen molar-refractivity contribution in [3.63, 3.8) is 0 Å². The van der Waals surface area contributed by atoms with Gasteiger partial charge in [0.2, 0.25) is 0 Å². The van der Waals surface area contributed by atoms with Crippen LogP contribution in [0.2, 0.25) is 0 Å². The number of rotatable bonds is 7. The van der Waals surface area contributed by atoms with Gasteiger partial charge in [0.15, 0.2) is 0 Å². The number of hydrogen-bond acceptors (Lipinski definition) is 2. The van der Waals surface area contributed by atoms with Crippen LogP contribution in [0.1, 0.15) is 47.0 Å². The average Bonchev–Trinajstić information content (AvgIpc) is 2.02. The number of hydrogen-bond donors (Lipinski definition) is 0. The van der Waals surface area contributed by atoms with E-state index in [2.05, 4.69) is 0 Å². The van der Waals surface area contributed by atoms with Crippen molar-refractivity contribution >= 4 is 7.68 Å². The van der Waals surface area contributed by atoms with Crippen molar-refractivity contribution in [1.82, 2.24) is 0 Å². The van der Waals surface area contributed by atoms with E-state index < -0.39 is 7.68 Å². The summed E-state index contributed by atoms with van der Waals surface area (Å²) in [5, 5.41) is 0. The predicted molar refractivity (Wildman–Crippen MR) is 58.5 cm³/mol. The van der Waals surface area contributed by atoms with Gasteiger partial charge in [-0.2, -0.15) is 4.20 Å². The van der Waals surface area contributed by atoms with Crippen LogP contribution in [-0.2, 0) is 9.09 Å². The smallest absolute Gasteiger partial charge is 0.302 e. The molecular weight excluding hydrogens is 202 g/mol. The summed E-state index contributed by atoms with van der Waals surface area (Å²) in [7, 11) is -3.83. The molecule has 0 aromatic rings. The topological polar surface area (TPSA) is 26.3 Å². The molecule has 0 bridgehead atoms. The molecule has 0 saturated carbocycles. The van der Waals surface area contributed by atoms with E-state index in [0.717, 1.165) is 12.8 Å². The summed E-state index contributed by atoms with van der Waals surface area (Å²) in [4.78, 5) is 0. The molecule has 0 aliphatic rings. The lowest BCUT2D eigenvalue weighted by molar-refractivity contribution is 0.132. The Bertz CT molecular complexity index is 195. The Hall–Kier alpha value is 0.120. The zero-order valence-electron chi connectivity index (χ0n) is 9.62. The molecule has 0 N–H and O–H groups in total. The molecule has 0 aliphatic heterocycles. The van der Waals surface area contributed by atoms with Crippen molar-refractivity contribution in [2.24, 2.45) is 5.92 Å². The summed E-state index contributed by atoms with van der Waals surface area (Å²) in [5.74, 6) is 0.218. The quantitative estimate of drug-likeness (QED) is 0.599. The molecule has 4 heteroatoms. The average molecular weight is 224 g/mol. The third-order valence-corrected chi connectivity index (χ3v) is 3.67. The molecule has 0 saturated heterocycles. The zero-order valence-corrected chi connectivity index (χ0v) is 10.5. The fourth-order valence-electron chi connectivity index (χ4n) is 1.31. The fourth-order valence-corrected chi connectivity index (χ4v) is 2.71. The van der Waals surface area contributed by atoms with Crippen LogP contribution < -0.4 is 0 Å². The Labute approximate surface area is 86.8 Å².